The molecule has 1 aromatic carbocycles. The van der Waals surface area contributed by atoms with Crippen LogP contribution >= 0.6 is 0 Å². The molecule has 0 saturated carbocycles. The van der Waals surface area contributed by atoms with Gasteiger partial charge in [-0.2, -0.15) is 0 Å². The first-order valence-electron chi connectivity index (χ1n) is 7.50. The summed E-state index contributed by atoms with van der Waals surface area (Å²) >= 11 is 0. The summed E-state index contributed by atoms with van der Waals surface area (Å²) in [7, 11) is -3.35. The van der Waals surface area contributed by atoms with E-state index in [0.717, 1.165) is 5.56 Å². The van der Waals surface area contributed by atoms with Crippen LogP contribution in [0.25, 0.3) is 0 Å². The van der Waals surface area contributed by atoms with Crippen LogP contribution in [-0.4, -0.2) is 29.6 Å². The minimum Gasteiger partial charge on any atom is -0.339 e. The van der Waals surface area contributed by atoms with E-state index in [1.807, 2.05) is 19.1 Å². The Morgan fingerprint density at radius 2 is 1.56 bits per heavy atom. The molecule has 0 radical (unpaired) electrons. The Bertz CT molecular complexity index is 1010. The number of rotatable bonds is 5. The minimum absolute atomic E-state index is 0.212. The maximum absolute atomic E-state index is 11.9. The molecule has 3 aromatic rings. The number of benzene rings is 1. The van der Waals surface area contributed by atoms with Crippen LogP contribution in [-0.2, 0) is 9.84 Å². The lowest BCUT2D eigenvalue weighted by Crippen LogP contribution is -2.04. The molecule has 0 spiro atoms. The Morgan fingerprint density at radius 3 is 2.28 bits per heavy atom. The first-order chi connectivity index (χ1) is 11.9. The van der Waals surface area contributed by atoms with Gasteiger partial charge in [0, 0.05) is 18.5 Å². The van der Waals surface area contributed by atoms with Gasteiger partial charge in [-0.1, -0.05) is 12.1 Å². The van der Waals surface area contributed by atoms with Gasteiger partial charge in [0.2, 0.25) is 0 Å². The number of nitrogens with one attached hydrogen (secondary N) is 2. The summed E-state index contributed by atoms with van der Waals surface area (Å²) < 4.78 is 23.8. The number of aromatic nitrogens is 3. The van der Waals surface area contributed by atoms with Gasteiger partial charge in [-0.3, -0.25) is 0 Å². The maximum atomic E-state index is 11.9. The average molecular weight is 355 g/mol. The number of hydrogen-bond donors (Lipinski definition) is 2. The molecule has 128 valence electrons. The fourth-order valence-electron chi connectivity index (χ4n) is 2.26. The largest absolute Gasteiger partial charge is 0.339 e. The van der Waals surface area contributed by atoms with Crippen LogP contribution in [0.4, 0.5) is 23.1 Å². The number of hydrogen-bond acceptors (Lipinski definition) is 7. The highest BCUT2D eigenvalue weighted by Crippen LogP contribution is 2.24. The maximum Gasteiger partial charge on any atom is 0.177 e. The second kappa shape index (κ2) is 6.86. The molecule has 0 aliphatic carbocycles. The van der Waals surface area contributed by atoms with E-state index in [2.05, 4.69) is 25.6 Å². The van der Waals surface area contributed by atoms with Crippen molar-refractivity contribution in [2.45, 2.75) is 11.8 Å². The lowest BCUT2D eigenvalue weighted by atomic mass is 10.3. The first-order valence-corrected chi connectivity index (χ1v) is 9.39. The number of aryl methyl sites for hydroxylation is 1. The van der Waals surface area contributed by atoms with Crippen LogP contribution in [0, 0.1) is 6.92 Å². The molecular formula is C17H17N5O2S. The van der Waals surface area contributed by atoms with Crippen LogP contribution in [0.15, 0.2) is 59.9 Å². The fraction of sp³-hybridized carbons (Fsp3) is 0.118. The highest BCUT2D eigenvalue weighted by Gasteiger charge is 2.13. The zero-order valence-corrected chi connectivity index (χ0v) is 14.6. The molecule has 3 rings (SSSR count). The van der Waals surface area contributed by atoms with Gasteiger partial charge >= 0.3 is 0 Å². The van der Waals surface area contributed by atoms with E-state index in [9.17, 15) is 8.42 Å². The Balaban J connectivity index is 1.86. The lowest BCUT2D eigenvalue weighted by Gasteiger charge is -2.11. The van der Waals surface area contributed by atoms with Gasteiger partial charge < -0.3 is 10.6 Å². The summed E-state index contributed by atoms with van der Waals surface area (Å²) in [6.07, 6.45) is 4.27. The van der Waals surface area contributed by atoms with E-state index < -0.39 is 9.84 Å². The molecule has 0 amide bonds. The van der Waals surface area contributed by atoms with E-state index >= 15 is 0 Å². The molecular weight excluding hydrogens is 338 g/mol. The van der Waals surface area contributed by atoms with Gasteiger partial charge in [-0.25, -0.2) is 23.4 Å². The molecule has 0 unspecified atom stereocenters. The van der Waals surface area contributed by atoms with E-state index in [1.54, 1.807) is 36.5 Å². The summed E-state index contributed by atoms with van der Waals surface area (Å²) in [5.74, 6) is 1.69. The zero-order valence-electron chi connectivity index (χ0n) is 13.8. The fourth-order valence-corrected chi connectivity index (χ4v) is 3.11. The Labute approximate surface area is 146 Å². The Morgan fingerprint density at radius 1 is 0.880 bits per heavy atom. The quantitative estimate of drug-likeness (QED) is 0.726. The van der Waals surface area contributed by atoms with Crippen LogP contribution in [0.5, 0.6) is 0 Å². The van der Waals surface area contributed by atoms with Crippen LogP contribution in [0.2, 0.25) is 0 Å². The van der Waals surface area contributed by atoms with Crippen molar-refractivity contribution in [1.82, 2.24) is 15.0 Å². The van der Waals surface area contributed by atoms with Crippen molar-refractivity contribution < 1.29 is 8.42 Å². The summed E-state index contributed by atoms with van der Waals surface area (Å²) in [6.45, 7) is 1.97. The molecule has 0 saturated heterocycles. The molecule has 0 atom stereocenters. The number of sulfone groups is 1. The van der Waals surface area contributed by atoms with Crippen molar-refractivity contribution in [2.24, 2.45) is 0 Å². The lowest BCUT2D eigenvalue weighted by molar-refractivity contribution is 0.602. The van der Waals surface area contributed by atoms with Crippen molar-refractivity contribution in [1.29, 1.82) is 0 Å². The van der Waals surface area contributed by atoms with Gasteiger partial charge in [-0.15, -0.1) is 0 Å². The van der Waals surface area contributed by atoms with Crippen LogP contribution < -0.4 is 10.6 Å². The highest BCUT2D eigenvalue weighted by molar-refractivity contribution is 7.90. The second-order valence-electron chi connectivity index (χ2n) is 5.53. The van der Waals surface area contributed by atoms with E-state index in [4.69, 9.17) is 0 Å². The van der Waals surface area contributed by atoms with Crippen molar-refractivity contribution in [3.63, 3.8) is 0 Å². The summed E-state index contributed by atoms with van der Waals surface area (Å²) in [6, 6.07) is 12.2. The molecule has 0 aliphatic heterocycles. The molecule has 2 N–H and O–H groups in total. The third-order valence-electron chi connectivity index (χ3n) is 3.39. The predicted molar refractivity (Wildman–Crippen MR) is 97.1 cm³/mol. The molecule has 2 heterocycles. The first kappa shape index (κ1) is 16.8. The van der Waals surface area contributed by atoms with Gasteiger partial charge in [0.25, 0.3) is 0 Å². The summed E-state index contributed by atoms with van der Waals surface area (Å²) in [5.41, 5.74) is 1.54. The van der Waals surface area contributed by atoms with Crippen LogP contribution in [0.3, 0.4) is 0 Å². The molecule has 8 heteroatoms. The Hall–Kier alpha value is -3.00. The highest BCUT2D eigenvalue weighted by atomic mass is 32.2. The summed E-state index contributed by atoms with van der Waals surface area (Å²) in [5, 5.41) is 6.12. The van der Waals surface area contributed by atoms with Gasteiger partial charge in [0.05, 0.1) is 10.6 Å². The second-order valence-corrected chi connectivity index (χ2v) is 7.51. The minimum atomic E-state index is -3.35. The van der Waals surface area contributed by atoms with Gasteiger partial charge in [0.1, 0.15) is 23.8 Å². The van der Waals surface area contributed by atoms with Crippen molar-refractivity contribution >= 4 is 33.0 Å². The van der Waals surface area contributed by atoms with Gasteiger partial charge in [0.15, 0.2) is 9.84 Å². The SMILES string of the molecule is Cc1ccnc(Nc2cc(Nc3ccccc3S(C)(=O)=O)ncn2)c1. The zero-order chi connectivity index (χ0) is 17.9. The Kier molecular flexibility index (Phi) is 4.62. The van der Waals surface area contributed by atoms with Crippen molar-refractivity contribution in [3.05, 3.63) is 60.6 Å². The van der Waals surface area contributed by atoms with E-state index in [0.29, 0.717) is 23.1 Å². The van der Waals surface area contributed by atoms with Crippen molar-refractivity contribution in [3.8, 4) is 0 Å². The third-order valence-corrected chi connectivity index (χ3v) is 4.54. The normalized spacial score (nSPS) is 11.1. The summed E-state index contributed by atoms with van der Waals surface area (Å²) in [4.78, 5) is 12.7. The standard InChI is InChI=1S/C17H17N5O2S/c1-12-7-8-18-15(9-12)22-17-10-16(19-11-20-17)21-13-5-3-4-6-14(13)25(2,23)24/h3-11H,1-2H3,(H2,18,19,20,21,22). The topological polar surface area (TPSA) is 96.9 Å². The number of anilines is 4. The van der Waals surface area contributed by atoms with Crippen LogP contribution in [0.1, 0.15) is 5.56 Å². The monoisotopic (exact) mass is 355 g/mol. The number of pyridine rings is 1. The molecule has 7 nitrogen and oxygen atoms in total. The third kappa shape index (κ3) is 4.30. The average Bonchev–Trinajstić information content (AvgIpc) is 2.55. The van der Waals surface area contributed by atoms with Crippen molar-refractivity contribution in [2.75, 3.05) is 16.9 Å². The van der Waals surface area contributed by atoms with E-state index in [1.165, 1.54) is 12.6 Å². The molecule has 25 heavy (non-hydrogen) atoms. The molecule has 2 aromatic heterocycles. The molecule has 0 aliphatic rings. The van der Waals surface area contributed by atoms with E-state index in [-0.39, 0.29) is 4.90 Å². The molecule has 0 bridgehead atoms. The molecule has 0 fully saturated rings. The number of nitrogens with zero attached hydrogens (tertiary/aromatic N) is 3. The smallest absolute Gasteiger partial charge is 0.177 e. The van der Waals surface area contributed by atoms with Gasteiger partial charge in [-0.05, 0) is 36.8 Å². The number of para-hydroxylation sites is 1. The predicted octanol–water partition coefficient (Wildman–Crippen LogP) is 3.07.